The average Bonchev–Trinajstić information content (AvgIpc) is 2.70. The van der Waals surface area contributed by atoms with Crippen LogP contribution in [0.1, 0.15) is 0 Å². The Bertz CT molecular complexity index is 583. The Morgan fingerprint density at radius 1 is 1.31 bits per heavy atom. The molecule has 0 bridgehead atoms. The Balaban J connectivity index is 2.37. The third-order valence-electron chi connectivity index (χ3n) is 1.70. The normalized spacial score (nSPS) is 11.3. The van der Waals surface area contributed by atoms with E-state index >= 15 is 0 Å². The second-order valence-electron chi connectivity index (χ2n) is 2.77. The lowest BCUT2D eigenvalue weighted by molar-refractivity contribution is 0.570. The molecule has 0 spiro atoms. The minimum atomic E-state index is -4.02. The molecule has 2 rings (SSSR count). The highest BCUT2D eigenvalue weighted by molar-refractivity contribution is 7.92. The number of anilines is 1. The van der Waals surface area contributed by atoms with Crippen LogP contribution >= 0.6 is 0 Å². The molecule has 0 aliphatic heterocycles. The molecule has 84 valence electrons. The second-order valence-corrected chi connectivity index (χ2v) is 4.42. The Morgan fingerprint density at radius 2 is 2.06 bits per heavy atom. The molecule has 16 heavy (non-hydrogen) atoms. The van der Waals surface area contributed by atoms with Gasteiger partial charge in [-0.05, 0) is 17.3 Å². The summed E-state index contributed by atoms with van der Waals surface area (Å²) in [6.07, 6.45) is 0. The zero-order valence-electron chi connectivity index (χ0n) is 7.75. The topological polar surface area (TPSA) is 101 Å². The Morgan fingerprint density at radius 3 is 2.69 bits per heavy atom. The minimum Gasteiger partial charge on any atom is -0.244 e. The summed E-state index contributed by atoms with van der Waals surface area (Å²) in [5.41, 5.74) is 0. The fourth-order valence-corrected chi connectivity index (χ4v) is 2.06. The summed E-state index contributed by atoms with van der Waals surface area (Å²) < 4.78 is 38.5. The number of halogens is 1. The predicted octanol–water partition coefficient (Wildman–Crippen LogP) is 0.140. The maximum Gasteiger partial charge on any atom is 0.276 e. The molecule has 2 aromatic rings. The highest BCUT2D eigenvalue weighted by Gasteiger charge is 2.19. The van der Waals surface area contributed by atoms with E-state index in [1.165, 1.54) is 12.1 Å². The van der Waals surface area contributed by atoms with Gasteiger partial charge in [0.15, 0.2) is 0 Å². The van der Waals surface area contributed by atoms with Crippen LogP contribution in [0.4, 0.5) is 10.3 Å². The summed E-state index contributed by atoms with van der Waals surface area (Å²) >= 11 is 0. The summed E-state index contributed by atoms with van der Waals surface area (Å²) in [6, 6.07) is 4.99. The van der Waals surface area contributed by atoms with Crippen molar-refractivity contribution in [1.29, 1.82) is 0 Å². The molecule has 0 atom stereocenters. The zero-order valence-corrected chi connectivity index (χ0v) is 8.57. The molecule has 2 N–H and O–H groups in total. The number of nitrogens with zero attached hydrogens (tertiary/aromatic N) is 3. The standard InChI is InChI=1S/C7H6FN5O2S/c8-5-3-1-2-4-6(5)16(14,15)11-7-9-12-13-10-7/h1-4H,(H2,9,10,11,12,13). The molecule has 1 aromatic heterocycles. The number of tetrazole rings is 1. The van der Waals surface area contributed by atoms with E-state index < -0.39 is 20.7 Å². The van der Waals surface area contributed by atoms with E-state index in [9.17, 15) is 12.8 Å². The van der Waals surface area contributed by atoms with Crippen molar-refractivity contribution in [2.24, 2.45) is 0 Å². The molecule has 0 aliphatic carbocycles. The van der Waals surface area contributed by atoms with Crippen molar-refractivity contribution in [2.45, 2.75) is 4.90 Å². The summed E-state index contributed by atoms with van der Waals surface area (Å²) in [5, 5.41) is 12.0. The molecule has 0 fully saturated rings. The van der Waals surface area contributed by atoms with Crippen LogP contribution in [0, 0.1) is 5.82 Å². The quantitative estimate of drug-likeness (QED) is 0.798. The van der Waals surface area contributed by atoms with Crippen molar-refractivity contribution in [1.82, 2.24) is 20.6 Å². The van der Waals surface area contributed by atoms with Crippen molar-refractivity contribution in [3.63, 3.8) is 0 Å². The van der Waals surface area contributed by atoms with Gasteiger partial charge >= 0.3 is 0 Å². The average molecular weight is 243 g/mol. The van der Waals surface area contributed by atoms with Gasteiger partial charge in [-0.15, -0.1) is 5.10 Å². The molecular weight excluding hydrogens is 237 g/mol. The Hall–Kier alpha value is -2.03. The summed E-state index contributed by atoms with van der Waals surface area (Å²) in [5.74, 6) is -1.10. The molecule has 0 saturated heterocycles. The zero-order chi connectivity index (χ0) is 11.6. The predicted molar refractivity (Wildman–Crippen MR) is 51.4 cm³/mol. The van der Waals surface area contributed by atoms with E-state index in [1.807, 2.05) is 4.72 Å². The molecule has 7 nitrogen and oxygen atoms in total. The lowest BCUT2D eigenvalue weighted by Gasteiger charge is -2.04. The molecular formula is C7H6FN5O2S. The first-order valence-corrected chi connectivity index (χ1v) is 5.59. The maximum atomic E-state index is 13.2. The van der Waals surface area contributed by atoms with Crippen LogP contribution in [0.2, 0.25) is 0 Å². The number of aromatic nitrogens is 4. The van der Waals surface area contributed by atoms with Crippen LogP contribution < -0.4 is 4.72 Å². The highest BCUT2D eigenvalue weighted by atomic mass is 32.2. The van der Waals surface area contributed by atoms with Crippen molar-refractivity contribution >= 4 is 16.0 Å². The van der Waals surface area contributed by atoms with Gasteiger partial charge in [0, 0.05) is 0 Å². The van der Waals surface area contributed by atoms with Crippen LogP contribution in [-0.2, 0) is 10.0 Å². The SMILES string of the molecule is O=S(=O)(Nc1nn[nH]n1)c1ccccc1F. The maximum absolute atomic E-state index is 13.2. The molecule has 1 heterocycles. The number of rotatable bonds is 3. The van der Waals surface area contributed by atoms with Gasteiger partial charge in [0.2, 0.25) is 0 Å². The van der Waals surface area contributed by atoms with Gasteiger partial charge in [-0.25, -0.2) is 17.5 Å². The molecule has 0 unspecified atom stereocenters. The van der Waals surface area contributed by atoms with Gasteiger partial charge in [-0.2, -0.15) is 5.21 Å². The van der Waals surface area contributed by atoms with Gasteiger partial charge in [0.25, 0.3) is 16.0 Å². The number of H-pyrrole nitrogens is 1. The fraction of sp³-hybridized carbons (Fsp3) is 0. The first kappa shape index (κ1) is 10.5. The van der Waals surface area contributed by atoms with Crippen molar-refractivity contribution in [3.8, 4) is 0 Å². The number of hydrogen-bond donors (Lipinski definition) is 2. The van der Waals surface area contributed by atoms with Crippen LogP contribution in [0.5, 0.6) is 0 Å². The minimum absolute atomic E-state index is 0.247. The molecule has 0 aliphatic rings. The van der Waals surface area contributed by atoms with E-state index in [2.05, 4.69) is 20.6 Å². The van der Waals surface area contributed by atoms with Crippen LogP contribution in [0.25, 0.3) is 0 Å². The number of benzene rings is 1. The first-order chi connectivity index (χ1) is 7.59. The Kier molecular flexibility index (Phi) is 2.52. The number of sulfonamides is 1. The van der Waals surface area contributed by atoms with Gasteiger partial charge < -0.3 is 0 Å². The van der Waals surface area contributed by atoms with Crippen molar-refractivity contribution in [2.75, 3.05) is 4.72 Å². The lowest BCUT2D eigenvalue weighted by atomic mass is 10.4. The number of aromatic amines is 1. The Labute approximate surface area is 89.7 Å². The van der Waals surface area contributed by atoms with Crippen LogP contribution in [0.15, 0.2) is 29.2 Å². The van der Waals surface area contributed by atoms with E-state index in [0.717, 1.165) is 12.1 Å². The van der Waals surface area contributed by atoms with E-state index in [-0.39, 0.29) is 5.95 Å². The van der Waals surface area contributed by atoms with E-state index in [1.54, 1.807) is 0 Å². The molecule has 1 aromatic carbocycles. The highest BCUT2D eigenvalue weighted by Crippen LogP contribution is 2.15. The monoisotopic (exact) mass is 243 g/mol. The van der Waals surface area contributed by atoms with Gasteiger partial charge in [0.1, 0.15) is 10.7 Å². The van der Waals surface area contributed by atoms with E-state index in [4.69, 9.17) is 0 Å². The first-order valence-electron chi connectivity index (χ1n) is 4.10. The third-order valence-corrected chi connectivity index (χ3v) is 3.06. The smallest absolute Gasteiger partial charge is 0.244 e. The lowest BCUT2D eigenvalue weighted by Crippen LogP contribution is -2.15. The fourth-order valence-electron chi connectivity index (χ4n) is 1.04. The molecule has 9 heteroatoms. The number of nitrogens with one attached hydrogen (secondary N) is 2. The van der Waals surface area contributed by atoms with Gasteiger partial charge in [0.05, 0.1) is 0 Å². The van der Waals surface area contributed by atoms with Crippen LogP contribution in [-0.4, -0.2) is 29.0 Å². The molecule has 0 radical (unpaired) electrons. The largest absolute Gasteiger partial charge is 0.276 e. The van der Waals surface area contributed by atoms with Crippen LogP contribution in [0.3, 0.4) is 0 Å². The number of hydrogen-bond acceptors (Lipinski definition) is 5. The summed E-state index contributed by atoms with van der Waals surface area (Å²) in [4.78, 5) is -0.472. The second kappa shape index (κ2) is 3.85. The van der Waals surface area contributed by atoms with Gasteiger partial charge in [-0.1, -0.05) is 17.2 Å². The molecule has 0 amide bonds. The molecule has 0 saturated carbocycles. The summed E-state index contributed by atoms with van der Waals surface area (Å²) in [6.45, 7) is 0. The third kappa shape index (κ3) is 1.98. The van der Waals surface area contributed by atoms with Gasteiger partial charge in [-0.3, -0.25) is 0 Å². The van der Waals surface area contributed by atoms with E-state index in [0.29, 0.717) is 0 Å². The van der Waals surface area contributed by atoms with Crippen molar-refractivity contribution in [3.05, 3.63) is 30.1 Å². The summed E-state index contributed by atoms with van der Waals surface area (Å²) in [7, 11) is -4.02. The van der Waals surface area contributed by atoms with Crippen molar-refractivity contribution < 1.29 is 12.8 Å².